The first-order valence-electron chi connectivity index (χ1n) is 17.9. The van der Waals surface area contributed by atoms with E-state index in [-0.39, 0.29) is 12.8 Å². The van der Waals surface area contributed by atoms with Gasteiger partial charge in [-0.05, 0) is 12.8 Å². The average Bonchev–Trinajstić information content (AvgIpc) is 3.01. The maximum Gasteiger partial charge on any atom is 0.767 e. The molecule has 0 aliphatic heterocycles. The standard InChI is InChI=1S/2C16H30NO4.CH3O.Al/c2*1-2-3-4-5-6-7-8-9-10-11-12-13-16(17(19)20)14-21-15-18;1-2;/h2*16H,2-14H2,1H3;1H3;/q;;-1;+1. The Hall–Kier alpha value is -1.77. The lowest BCUT2D eigenvalue weighted by atomic mass is 10.0. The van der Waals surface area contributed by atoms with Crippen LogP contribution in [0.1, 0.15) is 168 Å². The Kier molecular flexibility index (Phi) is 29.7. The summed E-state index contributed by atoms with van der Waals surface area (Å²) in [6.07, 6.45) is 25.6. The Morgan fingerprint density at radius 1 is 0.533 bits per heavy atom. The quantitative estimate of drug-likeness (QED) is 0.0291. The van der Waals surface area contributed by atoms with Crippen molar-refractivity contribution in [1.29, 1.82) is 0 Å². The van der Waals surface area contributed by atoms with E-state index in [9.17, 15) is 29.8 Å². The summed E-state index contributed by atoms with van der Waals surface area (Å²) in [6, 6.07) is -2.11. The average molecular weight is 659 g/mol. The first-order valence-corrected chi connectivity index (χ1v) is 19.5. The topological polar surface area (TPSA) is 148 Å². The van der Waals surface area contributed by atoms with Crippen LogP contribution in [0.3, 0.4) is 0 Å². The fourth-order valence-electron chi connectivity index (χ4n) is 5.38. The molecule has 45 heavy (non-hydrogen) atoms. The Morgan fingerprint density at radius 3 is 1.04 bits per heavy atom. The van der Waals surface area contributed by atoms with Gasteiger partial charge < -0.3 is 13.3 Å². The van der Waals surface area contributed by atoms with Crippen molar-refractivity contribution >= 4 is 24.1 Å². The molecule has 2 unspecified atom stereocenters. The summed E-state index contributed by atoms with van der Waals surface area (Å²) in [5.74, 6) is 0. The number of rotatable bonds is 33. The van der Waals surface area contributed by atoms with E-state index in [0.29, 0.717) is 12.8 Å². The predicted octanol–water partition coefficient (Wildman–Crippen LogP) is 9.75. The highest BCUT2D eigenvalue weighted by Crippen LogP contribution is 2.15. The van der Waals surface area contributed by atoms with Crippen LogP contribution in [0.15, 0.2) is 0 Å². The molecule has 0 aromatic rings. The summed E-state index contributed by atoms with van der Waals surface area (Å²) in [5, 5.41) is 23.0. The molecule has 0 fully saturated rings. The molecule has 0 aliphatic carbocycles. The molecule has 0 N–H and O–H groups in total. The lowest BCUT2D eigenvalue weighted by Crippen LogP contribution is -2.42. The van der Waals surface area contributed by atoms with Crippen molar-refractivity contribution < 1.29 is 32.7 Å². The van der Waals surface area contributed by atoms with Crippen molar-refractivity contribution in [2.24, 2.45) is 0 Å². The Labute approximate surface area is 276 Å². The fraction of sp³-hybridized carbons (Fsp3) is 0.939. The molecule has 0 saturated heterocycles. The molecule has 0 saturated carbocycles. The van der Waals surface area contributed by atoms with Crippen LogP contribution < -0.4 is 0 Å². The van der Waals surface area contributed by atoms with Gasteiger partial charge in [0.25, 0.3) is 9.66 Å². The molecule has 11 nitrogen and oxygen atoms in total. The second kappa shape index (κ2) is 30.9. The molecular formula is C33H63AlN2O9. The van der Waals surface area contributed by atoms with Gasteiger partial charge >= 0.3 is 14.5 Å². The molecule has 0 aliphatic rings. The van der Waals surface area contributed by atoms with Gasteiger partial charge in [-0.3, -0.25) is 29.8 Å². The Bertz CT molecular complexity index is 712. The number of hydrogen-bond acceptors (Lipinski definition) is 9. The zero-order chi connectivity index (χ0) is 33.5. The number of carbonyl (C=O) groups excluding carboxylic acids is 2. The number of ether oxygens (including phenoxy) is 2. The first kappa shape index (κ1) is 43.2. The highest BCUT2D eigenvalue weighted by Gasteiger charge is 2.46. The van der Waals surface area contributed by atoms with Crippen LogP contribution in [0.4, 0.5) is 9.59 Å². The molecule has 0 aromatic carbocycles. The van der Waals surface area contributed by atoms with Crippen LogP contribution in [0.5, 0.6) is 0 Å². The normalized spacial score (nSPS) is 12.4. The number of carbonyl (C=O) groups is 2. The zero-order valence-corrected chi connectivity index (χ0v) is 29.8. The van der Waals surface area contributed by atoms with Gasteiger partial charge in [-0.1, -0.05) is 142 Å². The van der Waals surface area contributed by atoms with Gasteiger partial charge in [-0.2, -0.15) is 0 Å². The highest BCUT2D eigenvalue weighted by atomic mass is 27.2. The summed E-state index contributed by atoms with van der Waals surface area (Å²) < 4.78 is 15.3. The third-order valence-electron chi connectivity index (χ3n) is 8.38. The maximum absolute atomic E-state index is 12.5. The smallest absolute Gasteiger partial charge is 0.488 e. The zero-order valence-electron chi connectivity index (χ0n) is 28.7. The van der Waals surface area contributed by atoms with Crippen molar-refractivity contribution in [3.8, 4) is 0 Å². The van der Waals surface area contributed by atoms with Gasteiger partial charge in [0.1, 0.15) is 0 Å². The predicted molar refractivity (Wildman–Crippen MR) is 179 cm³/mol. The summed E-state index contributed by atoms with van der Waals surface area (Å²) in [5.41, 5.74) is 0. The van der Waals surface area contributed by atoms with Crippen molar-refractivity contribution in [2.45, 2.75) is 180 Å². The van der Waals surface area contributed by atoms with Crippen molar-refractivity contribution in [2.75, 3.05) is 20.3 Å². The molecule has 0 heterocycles. The maximum atomic E-state index is 12.5. The van der Waals surface area contributed by atoms with Gasteiger partial charge in [0, 0.05) is 29.8 Å². The summed E-state index contributed by atoms with van der Waals surface area (Å²) >= 11 is -3.37. The van der Waals surface area contributed by atoms with E-state index >= 15 is 0 Å². The molecular weight excluding hydrogens is 595 g/mol. The van der Waals surface area contributed by atoms with Gasteiger partial charge in [0.2, 0.25) is 12.1 Å². The van der Waals surface area contributed by atoms with Gasteiger partial charge in [-0.25, -0.2) is 0 Å². The second-order valence-electron chi connectivity index (χ2n) is 12.4. The van der Waals surface area contributed by atoms with Crippen molar-refractivity contribution in [3.05, 3.63) is 20.2 Å². The minimum Gasteiger partial charge on any atom is -0.488 e. The van der Waals surface area contributed by atoms with E-state index in [2.05, 4.69) is 13.8 Å². The number of hydrogen-bond donors (Lipinski definition) is 0. The molecule has 262 valence electrons. The third-order valence-corrected chi connectivity index (χ3v) is 10.0. The van der Waals surface area contributed by atoms with Gasteiger partial charge in [0.15, 0.2) is 13.2 Å². The van der Waals surface area contributed by atoms with Crippen molar-refractivity contribution in [3.63, 3.8) is 0 Å². The monoisotopic (exact) mass is 658 g/mol. The first-order chi connectivity index (χ1) is 21.8. The highest BCUT2D eigenvalue weighted by molar-refractivity contribution is 7.05. The molecule has 2 atom stereocenters. The van der Waals surface area contributed by atoms with E-state index in [1.807, 2.05) is 0 Å². The number of nitro groups is 2. The second-order valence-corrected chi connectivity index (χ2v) is 14.6. The molecule has 0 aromatic heterocycles. The molecule has 0 amide bonds. The fourth-order valence-corrected chi connectivity index (χ4v) is 6.46. The minimum atomic E-state index is -3.37. The third kappa shape index (κ3) is 25.1. The SMILES string of the molecule is CCCCCCCCCCCCCC(CO[C](=O)[Al]([O]C)[C](=O)OCC(CCCCCCCCCCCCC)[N+](=O)[O-])[N+](=O)[O-]. The number of unbranched alkanes of at least 4 members (excludes halogenated alkanes) is 20. The van der Waals surface area contributed by atoms with Gasteiger partial charge in [0.05, 0.1) is 0 Å². The minimum absolute atomic E-state index is 0.282. The van der Waals surface area contributed by atoms with E-state index in [1.54, 1.807) is 0 Å². The Morgan fingerprint density at radius 2 is 0.800 bits per heavy atom. The lowest BCUT2D eigenvalue weighted by molar-refractivity contribution is -0.526. The molecule has 0 bridgehead atoms. The van der Waals surface area contributed by atoms with Gasteiger partial charge in [-0.15, -0.1) is 0 Å². The van der Waals surface area contributed by atoms with Crippen LogP contribution in [-0.2, 0) is 13.3 Å². The van der Waals surface area contributed by atoms with E-state index < -0.39 is 59.3 Å². The number of nitrogens with zero attached hydrogens (tertiary/aromatic N) is 2. The van der Waals surface area contributed by atoms with Crippen LogP contribution in [0, 0.1) is 20.2 Å². The van der Waals surface area contributed by atoms with E-state index in [0.717, 1.165) is 38.5 Å². The van der Waals surface area contributed by atoms with E-state index in [1.165, 1.54) is 97.0 Å². The van der Waals surface area contributed by atoms with E-state index in [4.69, 9.17) is 13.3 Å². The molecule has 0 rings (SSSR count). The van der Waals surface area contributed by atoms with Crippen LogP contribution in [0.2, 0.25) is 0 Å². The molecule has 0 spiro atoms. The molecule has 0 radical (unpaired) electrons. The largest absolute Gasteiger partial charge is 0.767 e. The van der Waals surface area contributed by atoms with Crippen molar-refractivity contribution in [1.82, 2.24) is 0 Å². The van der Waals surface area contributed by atoms with Crippen LogP contribution in [0.25, 0.3) is 0 Å². The van der Waals surface area contributed by atoms with Crippen LogP contribution >= 0.6 is 0 Å². The Balaban J connectivity index is 4.28. The summed E-state index contributed by atoms with van der Waals surface area (Å²) in [6.45, 7) is 3.53. The summed E-state index contributed by atoms with van der Waals surface area (Å²) in [7, 11) is 1.17. The lowest BCUT2D eigenvalue weighted by Gasteiger charge is -2.14. The summed E-state index contributed by atoms with van der Waals surface area (Å²) in [4.78, 5) is 45.2. The van der Waals surface area contributed by atoms with Crippen LogP contribution in [-0.4, -0.2) is 66.4 Å². The molecule has 12 heteroatoms.